The maximum Gasteiger partial charge on any atom is 0.269 e. The SMILES string of the molecule is CSc1ccc2nc(N(Cc3ccco3)C(=O)/C=C\c3ccc([N+](=O)[O-])cc3)sc2c1. The Morgan fingerprint density at radius 1 is 1.26 bits per heavy atom. The Kier molecular flexibility index (Phi) is 6.15. The van der Waals surface area contributed by atoms with Crippen LogP contribution in [0.3, 0.4) is 0 Å². The van der Waals surface area contributed by atoms with Gasteiger partial charge in [0.15, 0.2) is 5.13 Å². The van der Waals surface area contributed by atoms with Gasteiger partial charge in [-0.15, -0.1) is 11.8 Å². The van der Waals surface area contributed by atoms with Crippen LogP contribution in [0.15, 0.2) is 76.2 Å². The topological polar surface area (TPSA) is 89.5 Å². The Balaban J connectivity index is 1.62. The Bertz CT molecular complexity index is 1250. The van der Waals surface area contributed by atoms with Crippen LogP contribution in [-0.2, 0) is 11.3 Å². The van der Waals surface area contributed by atoms with Crippen molar-refractivity contribution in [2.45, 2.75) is 11.4 Å². The molecule has 9 heteroatoms. The lowest BCUT2D eigenvalue weighted by atomic mass is 10.2. The number of thiazole rings is 1. The molecule has 2 aromatic heterocycles. The zero-order chi connectivity index (χ0) is 21.8. The second kappa shape index (κ2) is 9.15. The minimum atomic E-state index is -0.459. The highest BCUT2D eigenvalue weighted by atomic mass is 32.2. The van der Waals surface area contributed by atoms with Gasteiger partial charge in [0, 0.05) is 23.1 Å². The van der Waals surface area contributed by atoms with Crippen LogP contribution < -0.4 is 4.90 Å². The van der Waals surface area contributed by atoms with Gasteiger partial charge >= 0.3 is 0 Å². The molecule has 0 unspecified atom stereocenters. The molecule has 2 heterocycles. The van der Waals surface area contributed by atoms with Crippen LogP contribution >= 0.6 is 23.1 Å². The summed E-state index contributed by atoms with van der Waals surface area (Å²) < 4.78 is 6.43. The lowest BCUT2D eigenvalue weighted by Crippen LogP contribution is -2.28. The average molecular weight is 452 g/mol. The van der Waals surface area contributed by atoms with Gasteiger partial charge in [-0.05, 0) is 60.4 Å². The van der Waals surface area contributed by atoms with E-state index in [0.717, 1.165) is 15.1 Å². The smallest absolute Gasteiger partial charge is 0.269 e. The van der Waals surface area contributed by atoms with Crippen molar-refractivity contribution < 1.29 is 14.1 Å². The van der Waals surface area contributed by atoms with E-state index in [1.807, 2.05) is 18.4 Å². The maximum atomic E-state index is 13.1. The summed E-state index contributed by atoms with van der Waals surface area (Å²) in [5, 5.41) is 11.4. The number of rotatable bonds is 7. The van der Waals surface area contributed by atoms with Crippen molar-refractivity contribution in [2.75, 3.05) is 11.2 Å². The van der Waals surface area contributed by atoms with E-state index in [4.69, 9.17) is 4.42 Å². The molecule has 0 saturated heterocycles. The van der Waals surface area contributed by atoms with Crippen molar-refractivity contribution in [1.82, 2.24) is 4.98 Å². The molecule has 4 aromatic rings. The van der Waals surface area contributed by atoms with Crippen molar-refractivity contribution in [3.8, 4) is 0 Å². The first-order chi connectivity index (χ1) is 15.0. The van der Waals surface area contributed by atoms with E-state index < -0.39 is 4.92 Å². The standard InChI is InChI=1S/C22H17N3O4S2/c1-30-18-9-10-19-20(13-18)31-22(23-19)24(14-17-3-2-12-29-17)21(26)11-6-15-4-7-16(8-5-15)25(27)28/h2-13H,14H2,1H3/b11-6-. The van der Waals surface area contributed by atoms with Crippen molar-refractivity contribution in [1.29, 1.82) is 0 Å². The Hall–Kier alpha value is -3.43. The number of carbonyl (C=O) groups excluding carboxylic acids is 1. The van der Waals surface area contributed by atoms with Crippen LogP contribution in [0.4, 0.5) is 10.8 Å². The van der Waals surface area contributed by atoms with E-state index in [1.165, 1.54) is 29.5 Å². The second-order valence-corrected chi connectivity index (χ2v) is 8.40. The normalized spacial score (nSPS) is 11.3. The van der Waals surface area contributed by atoms with Gasteiger partial charge in [-0.25, -0.2) is 4.98 Å². The number of amides is 1. The largest absolute Gasteiger partial charge is 0.467 e. The molecule has 1 amide bonds. The number of nitrogens with zero attached hydrogens (tertiary/aromatic N) is 3. The molecule has 0 fully saturated rings. The van der Waals surface area contributed by atoms with E-state index in [1.54, 1.807) is 53.3 Å². The van der Waals surface area contributed by atoms with Crippen molar-refractivity contribution in [2.24, 2.45) is 0 Å². The third kappa shape index (κ3) is 4.84. The summed E-state index contributed by atoms with van der Waals surface area (Å²) >= 11 is 3.09. The fourth-order valence-corrected chi connectivity index (χ4v) is 4.42. The van der Waals surface area contributed by atoms with Crippen LogP contribution in [0.25, 0.3) is 16.3 Å². The number of aromatic nitrogens is 1. The second-order valence-electron chi connectivity index (χ2n) is 6.52. The maximum absolute atomic E-state index is 13.1. The number of hydrogen-bond donors (Lipinski definition) is 0. The van der Waals surface area contributed by atoms with Crippen LogP contribution in [0.2, 0.25) is 0 Å². The van der Waals surface area contributed by atoms with E-state index in [2.05, 4.69) is 11.1 Å². The third-order valence-electron chi connectivity index (χ3n) is 4.50. The molecule has 0 N–H and O–H groups in total. The molecular weight excluding hydrogens is 434 g/mol. The van der Waals surface area contributed by atoms with Gasteiger partial charge in [0.2, 0.25) is 0 Å². The van der Waals surface area contributed by atoms with Crippen molar-refractivity contribution in [3.63, 3.8) is 0 Å². The highest BCUT2D eigenvalue weighted by Gasteiger charge is 2.20. The fraction of sp³-hybridized carbons (Fsp3) is 0.0909. The number of fused-ring (bicyclic) bond motifs is 1. The van der Waals surface area contributed by atoms with E-state index >= 15 is 0 Å². The van der Waals surface area contributed by atoms with Crippen molar-refractivity contribution in [3.05, 3.63) is 88.4 Å². The number of benzene rings is 2. The fourth-order valence-electron chi connectivity index (χ4n) is 2.90. The minimum absolute atomic E-state index is 0.00186. The quantitative estimate of drug-likeness (QED) is 0.153. The predicted octanol–water partition coefficient (Wildman–Crippen LogP) is 5.77. The number of non-ortho nitro benzene ring substituents is 1. The van der Waals surface area contributed by atoms with Crippen LogP contribution in [0, 0.1) is 10.1 Å². The molecule has 156 valence electrons. The Labute approximate surface area is 186 Å². The molecule has 4 rings (SSSR count). The lowest BCUT2D eigenvalue weighted by Gasteiger charge is -2.16. The van der Waals surface area contributed by atoms with Gasteiger partial charge in [-0.1, -0.05) is 11.3 Å². The lowest BCUT2D eigenvalue weighted by molar-refractivity contribution is -0.384. The highest BCUT2D eigenvalue weighted by molar-refractivity contribution is 7.98. The third-order valence-corrected chi connectivity index (χ3v) is 6.26. The molecule has 0 spiro atoms. The highest BCUT2D eigenvalue weighted by Crippen LogP contribution is 2.32. The average Bonchev–Trinajstić information content (AvgIpc) is 3.44. The van der Waals surface area contributed by atoms with Gasteiger partial charge in [-0.2, -0.15) is 0 Å². The Morgan fingerprint density at radius 3 is 2.74 bits per heavy atom. The van der Waals surface area contributed by atoms with E-state index in [0.29, 0.717) is 16.5 Å². The molecule has 31 heavy (non-hydrogen) atoms. The van der Waals surface area contributed by atoms with Crippen molar-refractivity contribution >= 4 is 56.1 Å². The molecule has 0 aliphatic rings. The number of hydrogen-bond acceptors (Lipinski definition) is 7. The molecule has 0 bridgehead atoms. The zero-order valence-electron chi connectivity index (χ0n) is 16.4. The number of anilines is 1. The van der Waals surface area contributed by atoms with E-state index in [-0.39, 0.29) is 18.1 Å². The van der Waals surface area contributed by atoms with Gasteiger partial charge in [0.25, 0.3) is 11.6 Å². The first-order valence-electron chi connectivity index (χ1n) is 9.24. The van der Waals surface area contributed by atoms with Gasteiger partial charge < -0.3 is 4.42 Å². The number of furan rings is 1. The summed E-state index contributed by atoms with van der Waals surface area (Å²) in [6.45, 7) is 0.242. The van der Waals surface area contributed by atoms with Gasteiger partial charge in [-0.3, -0.25) is 19.8 Å². The van der Waals surface area contributed by atoms with Crippen LogP contribution in [0.1, 0.15) is 11.3 Å². The molecular formula is C22H17N3O4S2. The summed E-state index contributed by atoms with van der Waals surface area (Å²) in [5.74, 6) is 0.375. The van der Waals surface area contributed by atoms with Gasteiger partial charge in [0.1, 0.15) is 5.76 Å². The zero-order valence-corrected chi connectivity index (χ0v) is 18.1. The number of carbonyl (C=O) groups is 1. The minimum Gasteiger partial charge on any atom is -0.467 e. The molecule has 0 aliphatic carbocycles. The van der Waals surface area contributed by atoms with Crippen LogP contribution in [0.5, 0.6) is 0 Å². The number of nitro benzene ring substituents is 1. The molecule has 7 nitrogen and oxygen atoms in total. The first-order valence-corrected chi connectivity index (χ1v) is 11.3. The van der Waals surface area contributed by atoms with E-state index in [9.17, 15) is 14.9 Å². The molecule has 0 aliphatic heterocycles. The monoisotopic (exact) mass is 451 g/mol. The van der Waals surface area contributed by atoms with Crippen LogP contribution in [-0.4, -0.2) is 22.1 Å². The summed E-state index contributed by atoms with van der Waals surface area (Å²) in [4.78, 5) is 30.7. The number of nitro groups is 1. The Morgan fingerprint density at radius 2 is 2.06 bits per heavy atom. The molecule has 2 aromatic carbocycles. The molecule has 0 radical (unpaired) electrons. The molecule has 0 saturated carbocycles. The number of thioether (sulfide) groups is 1. The van der Waals surface area contributed by atoms with Gasteiger partial charge in [0.05, 0.1) is 27.9 Å². The summed E-state index contributed by atoms with van der Waals surface area (Å²) in [5.41, 5.74) is 1.52. The summed E-state index contributed by atoms with van der Waals surface area (Å²) in [6, 6.07) is 15.6. The summed E-state index contributed by atoms with van der Waals surface area (Å²) in [7, 11) is 0. The predicted molar refractivity (Wildman–Crippen MR) is 123 cm³/mol. The first kappa shape index (κ1) is 20.8. The summed E-state index contributed by atoms with van der Waals surface area (Å²) in [6.07, 6.45) is 6.64. The molecule has 0 atom stereocenters.